The Labute approximate surface area is 113 Å². The molecular formula is C13H11NO6. The van der Waals surface area contributed by atoms with Gasteiger partial charge < -0.3 is 13.9 Å². The molecule has 104 valence electrons. The molecule has 0 saturated carbocycles. The fraction of sp³-hybridized carbons (Fsp3) is 0.154. The average Bonchev–Trinajstić information content (AvgIpc) is 2.92. The Balaban J connectivity index is 2.16. The highest BCUT2D eigenvalue weighted by Crippen LogP contribution is 2.27. The lowest BCUT2D eigenvalue weighted by atomic mass is 10.2. The van der Waals surface area contributed by atoms with Gasteiger partial charge in [-0.25, -0.2) is 4.79 Å². The van der Waals surface area contributed by atoms with Gasteiger partial charge in [0.05, 0.1) is 18.3 Å². The quantitative estimate of drug-likeness (QED) is 0.473. The molecule has 1 aromatic carbocycles. The fourth-order valence-electron chi connectivity index (χ4n) is 1.61. The molecule has 2 rings (SSSR count). The summed E-state index contributed by atoms with van der Waals surface area (Å²) >= 11 is 0. The summed E-state index contributed by atoms with van der Waals surface area (Å²) in [7, 11) is 1.23. The maximum absolute atomic E-state index is 11.4. The molecule has 0 bridgehead atoms. The van der Waals surface area contributed by atoms with Gasteiger partial charge >= 0.3 is 11.7 Å². The van der Waals surface area contributed by atoms with Crippen LogP contribution in [0, 0.1) is 10.1 Å². The van der Waals surface area contributed by atoms with Crippen molar-refractivity contribution in [1.82, 2.24) is 0 Å². The van der Waals surface area contributed by atoms with Crippen molar-refractivity contribution in [3.05, 3.63) is 58.0 Å². The Morgan fingerprint density at radius 2 is 2.10 bits per heavy atom. The van der Waals surface area contributed by atoms with E-state index in [4.69, 9.17) is 9.15 Å². The van der Waals surface area contributed by atoms with Gasteiger partial charge in [0.15, 0.2) is 5.75 Å². The molecule has 20 heavy (non-hydrogen) atoms. The van der Waals surface area contributed by atoms with Crippen LogP contribution in [-0.4, -0.2) is 18.0 Å². The van der Waals surface area contributed by atoms with Crippen LogP contribution in [0.2, 0.25) is 0 Å². The normalized spacial score (nSPS) is 10.1. The van der Waals surface area contributed by atoms with E-state index in [-0.39, 0.29) is 23.8 Å². The van der Waals surface area contributed by atoms with Crippen LogP contribution in [0.3, 0.4) is 0 Å². The van der Waals surface area contributed by atoms with Gasteiger partial charge in [0.1, 0.15) is 6.61 Å². The van der Waals surface area contributed by atoms with Gasteiger partial charge in [-0.05, 0) is 12.1 Å². The topological polar surface area (TPSA) is 91.8 Å². The van der Waals surface area contributed by atoms with E-state index in [0.29, 0.717) is 5.56 Å². The zero-order chi connectivity index (χ0) is 14.5. The van der Waals surface area contributed by atoms with E-state index in [1.807, 2.05) is 0 Å². The monoisotopic (exact) mass is 277 g/mol. The van der Waals surface area contributed by atoms with E-state index in [0.717, 1.165) is 0 Å². The first-order chi connectivity index (χ1) is 9.63. The average molecular weight is 277 g/mol. The lowest BCUT2D eigenvalue weighted by Gasteiger charge is -2.06. The molecule has 0 atom stereocenters. The predicted octanol–water partition coefficient (Wildman–Crippen LogP) is 2.55. The van der Waals surface area contributed by atoms with Crippen LogP contribution in [-0.2, 0) is 11.3 Å². The molecule has 2 aromatic rings. The first kappa shape index (κ1) is 13.6. The molecular weight excluding hydrogens is 266 g/mol. The highest BCUT2D eigenvalue weighted by Gasteiger charge is 2.18. The molecule has 0 radical (unpaired) electrons. The SMILES string of the molecule is COC(=O)c1occc1COc1ccccc1[N+](=O)[O-]. The number of ether oxygens (including phenoxy) is 2. The van der Waals surface area contributed by atoms with E-state index in [2.05, 4.69) is 4.74 Å². The minimum Gasteiger partial charge on any atom is -0.482 e. The van der Waals surface area contributed by atoms with Crippen LogP contribution in [0.1, 0.15) is 16.1 Å². The summed E-state index contributed by atoms with van der Waals surface area (Å²) in [6.07, 6.45) is 1.32. The van der Waals surface area contributed by atoms with E-state index in [1.165, 1.54) is 25.5 Å². The summed E-state index contributed by atoms with van der Waals surface area (Å²) in [6, 6.07) is 7.53. The van der Waals surface area contributed by atoms with Crippen molar-refractivity contribution in [3.63, 3.8) is 0 Å². The number of hydrogen-bond donors (Lipinski definition) is 0. The van der Waals surface area contributed by atoms with Crippen LogP contribution < -0.4 is 4.74 Å². The molecule has 1 heterocycles. The summed E-state index contributed by atoms with van der Waals surface area (Å²) in [5.41, 5.74) is 0.311. The van der Waals surface area contributed by atoms with Crippen molar-refractivity contribution in [3.8, 4) is 5.75 Å². The largest absolute Gasteiger partial charge is 0.482 e. The van der Waals surface area contributed by atoms with Gasteiger partial charge in [-0.3, -0.25) is 10.1 Å². The van der Waals surface area contributed by atoms with Crippen LogP contribution in [0.4, 0.5) is 5.69 Å². The number of para-hydroxylation sites is 2. The zero-order valence-electron chi connectivity index (χ0n) is 10.6. The molecule has 0 unspecified atom stereocenters. The second-order valence-corrected chi connectivity index (χ2v) is 3.78. The van der Waals surface area contributed by atoms with E-state index in [9.17, 15) is 14.9 Å². The van der Waals surface area contributed by atoms with E-state index in [1.54, 1.807) is 18.2 Å². The lowest BCUT2D eigenvalue weighted by molar-refractivity contribution is -0.385. The first-order valence-corrected chi connectivity index (χ1v) is 5.64. The Morgan fingerprint density at radius 1 is 1.35 bits per heavy atom. The third kappa shape index (κ3) is 2.77. The minimum atomic E-state index is -0.629. The van der Waals surface area contributed by atoms with Crippen molar-refractivity contribution < 1.29 is 23.6 Å². The molecule has 7 heteroatoms. The number of esters is 1. The molecule has 7 nitrogen and oxygen atoms in total. The lowest BCUT2D eigenvalue weighted by Crippen LogP contribution is -2.06. The summed E-state index contributed by atoms with van der Waals surface area (Å²) < 4.78 is 14.9. The van der Waals surface area contributed by atoms with Crippen LogP contribution in [0.25, 0.3) is 0 Å². The van der Waals surface area contributed by atoms with Crippen LogP contribution in [0.5, 0.6) is 5.75 Å². The van der Waals surface area contributed by atoms with Crippen molar-refractivity contribution in [1.29, 1.82) is 0 Å². The van der Waals surface area contributed by atoms with Crippen molar-refractivity contribution in [2.24, 2.45) is 0 Å². The second kappa shape index (κ2) is 5.87. The van der Waals surface area contributed by atoms with Gasteiger partial charge in [0.2, 0.25) is 5.76 Å². The molecule has 1 aromatic heterocycles. The van der Waals surface area contributed by atoms with Crippen LogP contribution >= 0.6 is 0 Å². The summed E-state index contributed by atoms with van der Waals surface area (Å²) in [5.74, 6) is -0.489. The van der Waals surface area contributed by atoms with Crippen molar-refractivity contribution >= 4 is 11.7 Å². The molecule has 0 amide bonds. The number of carbonyl (C=O) groups is 1. The third-order valence-electron chi connectivity index (χ3n) is 2.56. The van der Waals surface area contributed by atoms with Gasteiger partial charge in [0, 0.05) is 11.6 Å². The Morgan fingerprint density at radius 3 is 2.80 bits per heavy atom. The molecule has 0 fully saturated rings. The molecule has 0 aliphatic heterocycles. The molecule has 0 saturated heterocycles. The fourth-order valence-corrected chi connectivity index (χ4v) is 1.61. The van der Waals surface area contributed by atoms with E-state index < -0.39 is 10.9 Å². The van der Waals surface area contributed by atoms with Gasteiger partial charge in [-0.15, -0.1) is 0 Å². The maximum Gasteiger partial charge on any atom is 0.374 e. The van der Waals surface area contributed by atoms with E-state index >= 15 is 0 Å². The predicted molar refractivity (Wildman–Crippen MR) is 67.5 cm³/mol. The molecule has 0 spiro atoms. The highest BCUT2D eigenvalue weighted by molar-refractivity contribution is 5.87. The molecule has 0 aliphatic carbocycles. The highest BCUT2D eigenvalue weighted by atomic mass is 16.6. The number of rotatable bonds is 5. The number of furan rings is 1. The van der Waals surface area contributed by atoms with Gasteiger partial charge in [-0.2, -0.15) is 0 Å². The van der Waals surface area contributed by atoms with Gasteiger partial charge in [0.25, 0.3) is 0 Å². The number of nitro groups is 1. The number of benzene rings is 1. The minimum absolute atomic E-state index is 0.0195. The Kier molecular flexibility index (Phi) is 3.99. The smallest absolute Gasteiger partial charge is 0.374 e. The summed E-state index contributed by atoms with van der Waals surface area (Å²) in [4.78, 5) is 21.7. The summed E-state index contributed by atoms with van der Waals surface area (Å²) in [6.45, 7) is -0.0359. The Hall–Kier alpha value is -2.83. The standard InChI is InChI=1S/C13H11NO6/c1-18-13(15)12-9(6-7-19-12)8-20-11-5-3-2-4-10(11)14(16)17/h2-7H,8H2,1H3. The Bertz CT molecular complexity index is 633. The molecule has 0 N–H and O–H groups in total. The number of methoxy groups -OCH3 is 1. The first-order valence-electron chi connectivity index (χ1n) is 5.64. The van der Waals surface area contributed by atoms with Crippen molar-refractivity contribution in [2.75, 3.05) is 7.11 Å². The third-order valence-corrected chi connectivity index (χ3v) is 2.56. The maximum atomic E-state index is 11.4. The van der Waals surface area contributed by atoms with Gasteiger partial charge in [-0.1, -0.05) is 12.1 Å². The molecule has 0 aliphatic rings. The van der Waals surface area contributed by atoms with Crippen molar-refractivity contribution in [2.45, 2.75) is 6.61 Å². The zero-order valence-corrected chi connectivity index (χ0v) is 10.6. The number of nitro benzene ring substituents is 1. The number of nitrogens with zero attached hydrogens (tertiary/aromatic N) is 1. The van der Waals surface area contributed by atoms with Crippen LogP contribution in [0.15, 0.2) is 41.0 Å². The second-order valence-electron chi connectivity index (χ2n) is 3.78. The summed E-state index contributed by atoms with van der Waals surface area (Å²) in [5, 5.41) is 10.8. The number of hydrogen-bond acceptors (Lipinski definition) is 6. The number of carbonyl (C=O) groups excluding carboxylic acids is 1.